The van der Waals surface area contributed by atoms with Crippen molar-refractivity contribution in [1.82, 2.24) is 5.32 Å². The van der Waals surface area contributed by atoms with Gasteiger partial charge in [-0.2, -0.15) is 0 Å². The Balaban J connectivity index is 1.92. The molecule has 23 heavy (non-hydrogen) atoms. The quantitative estimate of drug-likeness (QED) is 0.843. The van der Waals surface area contributed by atoms with Crippen LogP contribution in [0.2, 0.25) is 5.02 Å². The van der Waals surface area contributed by atoms with E-state index in [9.17, 15) is 4.79 Å². The van der Waals surface area contributed by atoms with E-state index in [0.717, 1.165) is 12.0 Å². The van der Waals surface area contributed by atoms with Crippen LogP contribution in [-0.2, 0) is 11.2 Å². The smallest absolute Gasteiger partial charge is 0.261 e. The predicted molar refractivity (Wildman–Crippen MR) is 93.9 cm³/mol. The van der Waals surface area contributed by atoms with Crippen LogP contribution in [0.4, 0.5) is 0 Å². The van der Waals surface area contributed by atoms with E-state index < -0.39 is 6.10 Å². The van der Waals surface area contributed by atoms with E-state index in [1.807, 2.05) is 6.92 Å². The Labute approximate surface area is 142 Å². The fourth-order valence-electron chi connectivity index (χ4n) is 2.23. The molecule has 2 aromatic rings. The first-order valence-electron chi connectivity index (χ1n) is 7.81. The van der Waals surface area contributed by atoms with E-state index in [4.69, 9.17) is 16.3 Å². The van der Waals surface area contributed by atoms with Gasteiger partial charge in [0.25, 0.3) is 5.91 Å². The van der Waals surface area contributed by atoms with Gasteiger partial charge < -0.3 is 10.1 Å². The number of rotatable bonds is 6. The highest BCUT2D eigenvalue weighted by Crippen LogP contribution is 2.18. The zero-order valence-corrected chi connectivity index (χ0v) is 14.4. The van der Waals surface area contributed by atoms with Gasteiger partial charge in [0.1, 0.15) is 5.75 Å². The second-order valence-corrected chi connectivity index (χ2v) is 5.98. The number of halogens is 1. The third kappa shape index (κ3) is 5.00. The molecule has 3 nitrogen and oxygen atoms in total. The number of nitrogens with one attached hydrogen (secondary N) is 1. The summed E-state index contributed by atoms with van der Waals surface area (Å²) in [4.78, 5) is 12.3. The molecular weight excluding hydrogens is 310 g/mol. The van der Waals surface area contributed by atoms with Crippen LogP contribution >= 0.6 is 11.6 Å². The highest BCUT2D eigenvalue weighted by Gasteiger charge is 2.17. The van der Waals surface area contributed by atoms with Gasteiger partial charge in [-0.3, -0.25) is 4.79 Å². The van der Waals surface area contributed by atoms with Crippen LogP contribution < -0.4 is 10.1 Å². The van der Waals surface area contributed by atoms with E-state index >= 15 is 0 Å². The van der Waals surface area contributed by atoms with Gasteiger partial charge >= 0.3 is 0 Å². The minimum atomic E-state index is -0.575. The van der Waals surface area contributed by atoms with Crippen LogP contribution in [0.3, 0.4) is 0 Å². The van der Waals surface area contributed by atoms with Gasteiger partial charge in [0, 0.05) is 5.02 Å². The summed E-state index contributed by atoms with van der Waals surface area (Å²) in [5.41, 5.74) is 2.36. The van der Waals surface area contributed by atoms with E-state index in [-0.39, 0.29) is 11.9 Å². The second-order valence-electron chi connectivity index (χ2n) is 5.54. The van der Waals surface area contributed by atoms with E-state index in [0.29, 0.717) is 10.8 Å². The SMILES string of the molecule is CCc1ccc([C@H](C)NC(=O)[C@@H](C)Oc2ccc(Cl)cc2)cc1. The Morgan fingerprint density at radius 2 is 1.70 bits per heavy atom. The molecule has 0 aliphatic rings. The Kier molecular flexibility index (Phi) is 6.05. The summed E-state index contributed by atoms with van der Waals surface area (Å²) >= 11 is 5.83. The van der Waals surface area contributed by atoms with Crippen LogP contribution in [-0.4, -0.2) is 12.0 Å². The molecule has 122 valence electrons. The van der Waals surface area contributed by atoms with E-state index in [2.05, 4.69) is 36.5 Å². The molecule has 0 saturated heterocycles. The first-order valence-corrected chi connectivity index (χ1v) is 8.19. The zero-order valence-electron chi connectivity index (χ0n) is 13.7. The van der Waals surface area contributed by atoms with Gasteiger partial charge in [-0.05, 0) is 55.7 Å². The molecular formula is C19H22ClNO2. The Morgan fingerprint density at radius 1 is 1.09 bits per heavy atom. The zero-order chi connectivity index (χ0) is 16.8. The van der Waals surface area contributed by atoms with Crippen LogP contribution in [0, 0.1) is 0 Å². The molecule has 2 atom stereocenters. The minimum absolute atomic E-state index is 0.0651. The maximum absolute atomic E-state index is 12.3. The summed E-state index contributed by atoms with van der Waals surface area (Å²) in [6.45, 7) is 5.82. The summed E-state index contributed by atoms with van der Waals surface area (Å²) in [5, 5.41) is 3.61. The molecule has 0 spiro atoms. The minimum Gasteiger partial charge on any atom is -0.481 e. The average molecular weight is 332 g/mol. The summed E-state index contributed by atoms with van der Waals surface area (Å²) in [6, 6.07) is 15.2. The lowest BCUT2D eigenvalue weighted by Gasteiger charge is -2.19. The molecule has 0 fully saturated rings. The molecule has 0 aliphatic carbocycles. The number of ether oxygens (including phenoxy) is 1. The van der Waals surface area contributed by atoms with Crippen molar-refractivity contribution in [2.45, 2.75) is 39.3 Å². The van der Waals surface area contributed by atoms with Crippen molar-refractivity contribution < 1.29 is 9.53 Å². The molecule has 0 unspecified atom stereocenters. The number of benzene rings is 2. The largest absolute Gasteiger partial charge is 0.481 e. The van der Waals surface area contributed by atoms with E-state index in [1.165, 1.54) is 5.56 Å². The summed E-state index contributed by atoms with van der Waals surface area (Å²) in [5.74, 6) is 0.476. The molecule has 2 aromatic carbocycles. The highest BCUT2D eigenvalue weighted by molar-refractivity contribution is 6.30. The summed E-state index contributed by atoms with van der Waals surface area (Å²) in [6.07, 6.45) is 0.432. The molecule has 0 radical (unpaired) electrons. The molecule has 0 heterocycles. The number of aryl methyl sites for hydroxylation is 1. The fraction of sp³-hybridized carbons (Fsp3) is 0.316. The van der Waals surface area contributed by atoms with Crippen molar-refractivity contribution in [3.05, 3.63) is 64.7 Å². The Hall–Kier alpha value is -2.00. The Morgan fingerprint density at radius 3 is 2.26 bits per heavy atom. The number of hydrogen-bond donors (Lipinski definition) is 1. The molecule has 1 N–H and O–H groups in total. The molecule has 1 amide bonds. The first kappa shape index (κ1) is 17.4. The van der Waals surface area contributed by atoms with E-state index in [1.54, 1.807) is 31.2 Å². The first-order chi connectivity index (χ1) is 11.0. The van der Waals surface area contributed by atoms with Crippen LogP contribution in [0.15, 0.2) is 48.5 Å². The average Bonchev–Trinajstić information content (AvgIpc) is 2.56. The molecule has 0 saturated carbocycles. The normalized spacial score (nSPS) is 13.2. The topological polar surface area (TPSA) is 38.3 Å². The lowest BCUT2D eigenvalue weighted by Crippen LogP contribution is -2.37. The summed E-state index contributed by atoms with van der Waals surface area (Å²) < 4.78 is 5.63. The van der Waals surface area contributed by atoms with Gasteiger partial charge in [-0.1, -0.05) is 42.8 Å². The van der Waals surface area contributed by atoms with Crippen molar-refractivity contribution >= 4 is 17.5 Å². The highest BCUT2D eigenvalue weighted by atomic mass is 35.5. The van der Waals surface area contributed by atoms with Gasteiger partial charge in [0.2, 0.25) is 0 Å². The molecule has 4 heteroatoms. The monoisotopic (exact) mass is 331 g/mol. The standard InChI is InChI=1S/C19H22ClNO2/c1-4-15-5-7-16(8-6-15)13(2)21-19(22)14(3)23-18-11-9-17(20)10-12-18/h5-14H,4H2,1-3H3,(H,21,22)/t13-,14+/m0/s1. The van der Waals surface area contributed by atoms with Crippen molar-refractivity contribution in [1.29, 1.82) is 0 Å². The van der Waals surface area contributed by atoms with Crippen molar-refractivity contribution in [2.75, 3.05) is 0 Å². The number of carbonyl (C=O) groups excluding carboxylic acids is 1. The second kappa shape index (κ2) is 8.02. The maximum Gasteiger partial charge on any atom is 0.261 e. The van der Waals surface area contributed by atoms with Gasteiger partial charge in [-0.15, -0.1) is 0 Å². The predicted octanol–water partition coefficient (Wildman–Crippen LogP) is 4.55. The number of carbonyl (C=O) groups is 1. The van der Waals surface area contributed by atoms with Crippen LogP contribution in [0.5, 0.6) is 5.75 Å². The lowest BCUT2D eigenvalue weighted by atomic mass is 10.0. The van der Waals surface area contributed by atoms with Gasteiger partial charge in [-0.25, -0.2) is 0 Å². The fourth-order valence-corrected chi connectivity index (χ4v) is 2.35. The molecule has 0 bridgehead atoms. The number of amides is 1. The summed E-state index contributed by atoms with van der Waals surface area (Å²) in [7, 11) is 0. The third-order valence-corrected chi connectivity index (χ3v) is 3.99. The van der Waals surface area contributed by atoms with Crippen molar-refractivity contribution in [3.8, 4) is 5.75 Å². The lowest BCUT2D eigenvalue weighted by molar-refractivity contribution is -0.127. The molecule has 0 aromatic heterocycles. The van der Waals surface area contributed by atoms with Gasteiger partial charge in [0.15, 0.2) is 6.10 Å². The third-order valence-electron chi connectivity index (χ3n) is 3.74. The van der Waals surface area contributed by atoms with Crippen molar-refractivity contribution in [2.24, 2.45) is 0 Å². The van der Waals surface area contributed by atoms with Crippen molar-refractivity contribution in [3.63, 3.8) is 0 Å². The maximum atomic E-state index is 12.3. The Bertz CT molecular complexity index is 637. The van der Waals surface area contributed by atoms with Gasteiger partial charge in [0.05, 0.1) is 6.04 Å². The number of hydrogen-bond acceptors (Lipinski definition) is 2. The van der Waals surface area contributed by atoms with Crippen LogP contribution in [0.1, 0.15) is 37.9 Å². The van der Waals surface area contributed by atoms with Crippen LogP contribution in [0.25, 0.3) is 0 Å². The molecule has 0 aliphatic heterocycles. The molecule has 2 rings (SSSR count).